The zero-order valence-corrected chi connectivity index (χ0v) is 11.4. The molecule has 0 saturated heterocycles. The fourth-order valence-corrected chi connectivity index (χ4v) is 2.76. The summed E-state index contributed by atoms with van der Waals surface area (Å²) in [4.78, 5) is 0. The molecule has 3 heteroatoms. The maximum atomic E-state index is 5.88. The van der Waals surface area contributed by atoms with Gasteiger partial charge in [-0.1, -0.05) is 28.1 Å². The summed E-state index contributed by atoms with van der Waals surface area (Å²) < 4.78 is 6.77. The van der Waals surface area contributed by atoms with E-state index in [0.29, 0.717) is 6.54 Å². The average Bonchev–Trinajstić information content (AvgIpc) is 3.10. The number of methoxy groups -OCH3 is 1. The molecule has 1 atom stereocenters. The Kier molecular flexibility index (Phi) is 3.12. The van der Waals surface area contributed by atoms with Crippen molar-refractivity contribution in [3.63, 3.8) is 0 Å². The van der Waals surface area contributed by atoms with Crippen LogP contribution in [-0.2, 0) is 10.2 Å². The summed E-state index contributed by atoms with van der Waals surface area (Å²) in [6, 6.07) is 8.51. The van der Waals surface area contributed by atoms with E-state index in [1.165, 1.54) is 5.56 Å². The molecule has 0 spiro atoms. The van der Waals surface area contributed by atoms with Gasteiger partial charge in [-0.05, 0) is 37.5 Å². The minimum Gasteiger partial charge on any atom is -0.376 e. The first-order chi connectivity index (χ1) is 7.58. The predicted octanol–water partition coefficient (Wildman–Crippen LogP) is 2.84. The standard InChI is InChI=1S/C13H18BrNO/c1-12(9-15,16-2)13(7-8-13)10-3-5-11(14)6-4-10/h3-6H,7-9,15H2,1-2H3. The van der Waals surface area contributed by atoms with Crippen molar-refractivity contribution < 1.29 is 4.74 Å². The van der Waals surface area contributed by atoms with Gasteiger partial charge in [-0.2, -0.15) is 0 Å². The van der Waals surface area contributed by atoms with Crippen LogP contribution in [0.5, 0.6) is 0 Å². The first-order valence-electron chi connectivity index (χ1n) is 5.59. The van der Waals surface area contributed by atoms with Gasteiger partial charge in [0.2, 0.25) is 0 Å². The van der Waals surface area contributed by atoms with Crippen molar-refractivity contribution in [1.29, 1.82) is 0 Å². The molecule has 0 amide bonds. The van der Waals surface area contributed by atoms with Gasteiger partial charge < -0.3 is 10.5 Å². The molecular formula is C13H18BrNO. The lowest BCUT2D eigenvalue weighted by molar-refractivity contribution is -0.0197. The van der Waals surface area contributed by atoms with Gasteiger partial charge in [-0.15, -0.1) is 0 Å². The van der Waals surface area contributed by atoms with Crippen LogP contribution in [0.25, 0.3) is 0 Å². The van der Waals surface area contributed by atoms with E-state index >= 15 is 0 Å². The first-order valence-corrected chi connectivity index (χ1v) is 6.38. The third-order valence-corrected chi connectivity index (χ3v) is 4.53. The van der Waals surface area contributed by atoms with E-state index in [1.807, 2.05) is 0 Å². The molecule has 2 N–H and O–H groups in total. The Morgan fingerprint density at radius 1 is 1.38 bits per heavy atom. The molecule has 0 aliphatic heterocycles. The van der Waals surface area contributed by atoms with Gasteiger partial charge in [-0.3, -0.25) is 0 Å². The summed E-state index contributed by atoms with van der Waals surface area (Å²) in [5, 5.41) is 0. The summed E-state index contributed by atoms with van der Waals surface area (Å²) in [6.45, 7) is 2.67. The average molecular weight is 284 g/mol. The Hall–Kier alpha value is -0.380. The molecule has 2 rings (SSSR count). The molecule has 0 radical (unpaired) electrons. The van der Waals surface area contributed by atoms with E-state index < -0.39 is 0 Å². The van der Waals surface area contributed by atoms with Gasteiger partial charge >= 0.3 is 0 Å². The van der Waals surface area contributed by atoms with Crippen LogP contribution < -0.4 is 5.73 Å². The molecule has 1 unspecified atom stereocenters. The fourth-order valence-electron chi connectivity index (χ4n) is 2.49. The Morgan fingerprint density at radius 3 is 2.31 bits per heavy atom. The van der Waals surface area contributed by atoms with Crippen molar-refractivity contribution in [2.45, 2.75) is 30.8 Å². The van der Waals surface area contributed by atoms with Gasteiger partial charge in [-0.25, -0.2) is 0 Å². The lowest BCUT2D eigenvalue weighted by Gasteiger charge is -2.36. The van der Waals surface area contributed by atoms with Crippen LogP contribution in [0.4, 0.5) is 0 Å². The zero-order valence-electron chi connectivity index (χ0n) is 9.79. The second kappa shape index (κ2) is 4.13. The normalized spacial score (nSPS) is 21.5. The molecule has 0 aromatic heterocycles. The molecule has 1 fully saturated rings. The van der Waals surface area contributed by atoms with E-state index in [2.05, 4.69) is 47.1 Å². The smallest absolute Gasteiger partial charge is 0.0868 e. The SMILES string of the molecule is COC(C)(CN)C1(c2ccc(Br)cc2)CC1. The predicted molar refractivity (Wildman–Crippen MR) is 69.5 cm³/mol. The highest BCUT2D eigenvalue weighted by molar-refractivity contribution is 9.10. The van der Waals surface area contributed by atoms with Crippen molar-refractivity contribution in [1.82, 2.24) is 0 Å². The number of hydrogen-bond donors (Lipinski definition) is 1. The zero-order chi connectivity index (χ0) is 11.8. The Balaban J connectivity index is 2.36. The molecule has 88 valence electrons. The summed E-state index contributed by atoms with van der Waals surface area (Å²) in [5.74, 6) is 0. The van der Waals surface area contributed by atoms with Crippen LogP contribution >= 0.6 is 15.9 Å². The van der Waals surface area contributed by atoms with E-state index in [4.69, 9.17) is 10.5 Å². The number of ether oxygens (including phenoxy) is 1. The van der Waals surface area contributed by atoms with Gasteiger partial charge in [0.1, 0.15) is 0 Å². The third-order valence-electron chi connectivity index (χ3n) is 4.00. The topological polar surface area (TPSA) is 35.2 Å². The lowest BCUT2D eigenvalue weighted by atomic mass is 9.79. The van der Waals surface area contributed by atoms with Gasteiger partial charge in [0, 0.05) is 23.5 Å². The fraction of sp³-hybridized carbons (Fsp3) is 0.538. The monoisotopic (exact) mass is 283 g/mol. The van der Waals surface area contributed by atoms with Crippen LogP contribution in [0.15, 0.2) is 28.7 Å². The van der Waals surface area contributed by atoms with E-state index in [9.17, 15) is 0 Å². The highest BCUT2D eigenvalue weighted by atomic mass is 79.9. The Morgan fingerprint density at radius 2 is 1.94 bits per heavy atom. The molecule has 1 aliphatic carbocycles. The number of hydrogen-bond acceptors (Lipinski definition) is 2. The molecular weight excluding hydrogens is 266 g/mol. The van der Waals surface area contributed by atoms with Crippen molar-refractivity contribution in [2.75, 3.05) is 13.7 Å². The minimum absolute atomic E-state index is 0.122. The second-order valence-electron chi connectivity index (χ2n) is 4.73. The third kappa shape index (κ3) is 1.71. The van der Waals surface area contributed by atoms with Crippen LogP contribution in [0.1, 0.15) is 25.3 Å². The maximum Gasteiger partial charge on any atom is 0.0868 e. The van der Waals surface area contributed by atoms with Gasteiger partial charge in [0.05, 0.1) is 5.60 Å². The Bertz CT molecular complexity index is 366. The van der Waals surface area contributed by atoms with E-state index in [1.54, 1.807) is 7.11 Å². The largest absolute Gasteiger partial charge is 0.376 e. The number of rotatable bonds is 4. The van der Waals surface area contributed by atoms with E-state index in [-0.39, 0.29) is 11.0 Å². The van der Waals surface area contributed by atoms with Crippen molar-refractivity contribution >= 4 is 15.9 Å². The molecule has 1 aliphatic rings. The second-order valence-corrected chi connectivity index (χ2v) is 5.64. The first kappa shape index (κ1) is 12.1. The van der Waals surface area contributed by atoms with Gasteiger partial charge in [0.25, 0.3) is 0 Å². The molecule has 1 saturated carbocycles. The molecule has 16 heavy (non-hydrogen) atoms. The molecule has 1 aromatic carbocycles. The summed E-state index contributed by atoms with van der Waals surface area (Å²) >= 11 is 3.46. The number of nitrogens with two attached hydrogens (primary N) is 1. The van der Waals surface area contributed by atoms with Crippen LogP contribution in [0.2, 0.25) is 0 Å². The quantitative estimate of drug-likeness (QED) is 0.922. The van der Waals surface area contributed by atoms with E-state index in [0.717, 1.165) is 17.3 Å². The maximum absolute atomic E-state index is 5.88. The molecule has 2 nitrogen and oxygen atoms in total. The molecule has 0 heterocycles. The van der Waals surface area contributed by atoms with Crippen molar-refractivity contribution in [3.8, 4) is 0 Å². The molecule has 1 aromatic rings. The Labute approximate surface area is 105 Å². The van der Waals surface area contributed by atoms with Crippen LogP contribution in [0.3, 0.4) is 0 Å². The van der Waals surface area contributed by atoms with Gasteiger partial charge in [0.15, 0.2) is 0 Å². The minimum atomic E-state index is -0.249. The lowest BCUT2D eigenvalue weighted by Crippen LogP contribution is -2.47. The highest BCUT2D eigenvalue weighted by Crippen LogP contribution is 2.56. The number of halogens is 1. The van der Waals surface area contributed by atoms with Crippen LogP contribution in [-0.4, -0.2) is 19.3 Å². The number of benzene rings is 1. The molecule has 0 bridgehead atoms. The van der Waals surface area contributed by atoms with Crippen LogP contribution in [0, 0.1) is 0 Å². The van der Waals surface area contributed by atoms with Crippen molar-refractivity contribution in [2.24, 2.45) is 5.73 Å². The summed E-state index contributed by atoms with van der Waals surface area (Å²) in [5.41, 5.74) is 7.09. The summed E-state index contributed by atoms with van der Waals surface area (Å²) in [7, 11) is 1.76. The highest BCUT2D eigenvalue weighted by Gasteiger charge is 2.57. The summed E-state index contributed by atoms with van der Waals surface area (Å²) in [6.07, 6.45) is 2.33. The van der Waals surface area contributed by atoms with Crippen molar-refractivity contribution in [3.05, 3.63) is 34.3 Å².